The van der Waals surface area contributed by atoms with Gasteiger partial charge < -0.3 is 14.8 Å². The lowest BCUT2D eigenvalue weighted by Crippen LogP contribution is -2.40. The number of amides is 1. The average Bonchev–Trinajstić information content (AvgIpc) is 2.71. The number of rotatable bonds is 9. The number of hydrogen-bond donors (Lipinski definition) is 2. The standard InChI is InChI=1S/C20H21FN2O7S/c1-12(23-31(27,28)16-7-5-15(6-8-16)22-13(2)24)20(26)30-11-18(25)17-10-14(21)4-9-19(17)29-3/h4-10,12,23H,11H2,1-3H3,(H,22,24)/t12-/m0/s1. The lowest BCUT2D eigenvalue weighted by molar-refractivity contribution is -0.144. The summed E-state index contributed by atoms with van der Waals surface area (Å²) in [6.07, 6.45) is 0. The second-order valence-electron chi connectivity index (χ2n) is 6.42. The highest BCUT2D eigenvalue weighted by atomic mass is 32.2. The number of ketones is 1. The van der Waals surface area contributed by atoms with Gasteiger partial charge in [-0.3, -0.25) is 14.4 Å². The lowest BCUT2D eigenvalue weighted by atomic mass is 10.1. The summed E-state index contributed by atoms with van der Waals surface area (Å²) in [5, 5.41) is 2.50. The number of carbonyl (C=O) groups excluding carboxylic acids is 3. The molecule has 11 heteroatoms. The van der Waals surface area contributed by atoms with Crippen molar-refractivity contribution >= 4 is 33.4 Å². The van der Waals surface area contributed by atoms with Crippen LogP contribution in [0.5, 0.6) is 5.75 Å². The molecule has 31 heavy (non-hydrogen) atoms. The maximum absolute atomic E-state index is 13.4. The quantitative estimate of drug-likeness (QED) is 0.439. The Morgan fingerprint density at radius 3 is 2.32 bits per heavy atom. The molecule has 0 aliphatic heterocycles. The molecular formula is C20H21FN2O7S. The van der Waals surface area contributed by atoms with E-state index in [4.69, 9.17) is 9.47 Å². The van der Waals surface area contributed by atoms with E-state index in [1.807, 2.05) is 0 Å². The molecular weight excluding hydrogens is 431 g/mol. The fourth-order valence-corrected chi connectivity index (χ4v) is 3.70. The van der Waals surface area contributed by atoms with Gasteiger partial charge in [-0.25, -0.2) is 12.8 Å². The third kappa shape index (κ3) is 6.59. The van der Waals surface area contributed by atoms with Crippen molar-refractivity contribution in [2.24, 2.45) is 0 Å². The largest absolute Gasteiger partial charge is 0.496 e. The minimum absolute atomic E-state index is 0.109. The number of sulfonamides is 1. The highest BCUT2D eigenvalue weighted by Crippen LogP contribution is 2.20. The normalized spacial score (nSPS) is 12.0. The first-order valence-electron chi connectivity index (χ1n) is 8.97. The maximum atomic E-state index is 13.4. The topological polar surface area (TPSA) is 128 Å². The Balaban J connectivity index is 1.99. The Morgan fingerprint density at radius 1 is 1.10 bits per heavy atom. The Labute approximate surface area is 178 Å². The second-order valence-corrected chi connectivity index (χ2v) is 8.14. The number of methoxy groups -OCH3 is 1. The summed E-state index contributed by atoms with van der Waals surface area (Å²) in [6, 6.07) is 7.32. The number of benzene rings is 2. The molecule has 166 valence electrons. The second kappa shape index (κ2) is 10.1. The number of carbonyl (C=O) groups is 3. The van der Waals surface area contributed by atoms with Crippen LogP contribution in [0, 0.1) is 5.82 Å². The minimum Gasteiger partial charge on any atom is -0.496 e. The summed E-state index contributed by atoms with van der Waals surface area (Å²) in [6.45, 7) is 1.84. The number of esters is 1. The van der Waals surface area contributed by atoms with Gasteiger partial charge in [0.05, 0.1) is 17.6 Å². The van der Waals surface area contributed by atoms with Crippen molar-refractivity contribution in [1.29, 1.82) is 0 Å². The molecule has 0 bridgehead atoms. The van der Waals surface area contributed by atoms with Crippen LogP contribution in [0.1, 0.15) is 24.2 Å². The highest BCUT2D eigenvalue weighted by Gasteiger charge is 2.24. The third-order valence-corrected chi connectivity index (χ3v) is 5.53. The predicted octanol–water partition coefficient (Wildman–Crippen LogP) is 1.89. The molecule has 1 atom stereocenters. The Morgan fingerprint density at radius 2 is 1.74 bits per heavy atom. The van der Waals surface area contributed by atoms with E-state index < -0.39 is 40.2 Å². The molecule has 0 heterocycles. The van der Waals surface area contributed by atoms with Crippen LogP contribution in [0.4, 0.5) is 10.1 Å². The van der Waals surface area contributed by atoms with Crippen LogP contribution < -0.4 is 14.8 Å². The van der Waals surface area contributed by atoms with E-state index in [2.05, 4.69) is 10.0 Å². The number of nitrogens with one attached hydrogen (secondary N) is 2. The Kier molecular flexibility index (Phi) is 7.83. The molecule has 0 fully saturated rings. The van der Waals surface area contributed by atoms with Crippen LogP contribution in [-0.2, 0) is 24.3 Å². The highest BCUT2D eigenvalue weighted by molar-refractivity contribution is 7.89. The van der Waals surface area contributed by atoms with E-state index in [0.29, 0.717) is 5.69 Å². The van der Waals surface area contributed by atoms with Gasteiger partial charge in [0, 0.05) is 12.6 Å². The fourth-order valence-electron chi connectivity index (χ4n) is 2.51. The minimum atomic E-state index is -4.07. The van der Waals surface area contributed by atoms with E-state index in [1.165, 1.54) is 51.3 Å². The molecule has 0 saturated heterocycles. The van der Waals surface area contributed by atoms with Gasteiger partial charge in [0.1, 0.15) is 17.6 Å². The predicted molar refractivity (Wildman–Crippen MR) is 109 cm³/mol. The molecule has 0 radical (unpaired) electrons. The van der Waals surface area contributed by atoms with Gasteiger partial charge in [-0.2, -0.15) is 4.72 Å². The first-order chi connectivity index (χ1) is 14.5. The van der Waals surface area contributed by atoms with E-state index in [-0.39, 0.29) is 22.1 Å². The first kappa shape index (κ1) is 24.0. The monoisotopic (exact) mass is 452 g/mol. The smallest absolute Gasteiger partial charge is 0.324 e. The van der Waals surface area contributed by atoms with Gasteiger partial charge >= 0.3 is 5.97 Å². The van der Waals surface area contributed by atoms with Crippen LogP contribution in [0.3, 0.4) is 0 Å². The molecule has 2 rings (SSSR count). The number of Topliss-reactive ketones (excluding diaryl/α,β-unsaturated/α-hetero) is 1. The van der Waals surface area contributed by atoms with Crippen LogP contribution >= 0.6 is 0 Å². The molecule has 2 aromatic rings. The molecule has 2 N–H and O–H groups in total. The van der Waals surface area contributed by atoms with Crippen LogP contribution in [0.2, 0.25) is 0 Å². The van der Waals surface area contributed by atoms with Gasteiger partial charge in [0.25, 0.3) is 0 Å². The van der Waals surface area contributed by atoms with E-state index in [0.717, 1.165) is 12.1 Å². The summed E-state index contributed by atoms with van der Waals surface area (Å²) in [5.41, 5.74) is 0.299. The number of ether oxygens (including phenoxy) is 2. The Hall–Kier alpha value is -3.31. The van der Waals surface area contributed by atoms with Crippen molar-refractivity contribution < 1.29 is 36.7 Å². The zero-order valence-corrected chi connectivity index (χ0v) is 17.8. The van der Waals surface area contributed by atoms with Crippen molar-refractivity contribution in [2.45, 2.75) is 24.8 Å². The molecule has 1 amide bonds. The van der Waals surface area contributed by atoms with Crippen molar-refractivity contribution in [1.82, 2.24) is 4.72 Å². The number of hydrogen-bond acceptors (Lipinski definition) is 7. The van der Waals surface area contributed by atoms with Crippen LogP contribution in [0.25, 0.3) is 0 Å². The molecule has 0 aliphatic carbocycles. The fraction of sp³-hybridized carbons (Fsp3) is 0.250. The summed E-state index contributed by atoms with van der Waals surface area (Å²) in [5.74, 6) is -2.58. The van der Waals surface area contributed by atoms with Crippen molar-refractivity contribution in [2.75, 3.05) is 19.0 Å². The molecule has 0 unspecified atom stereocenters. The molecule has 0 saturated carbocycles. The van der Waals surface area contributed by atoms with Gasteiger partial charge in [-0.15, -0.1) is 0 Å². The Bertz CT molecular complexity index is 1090. The molecule has 0 aromatic heterocycles. The van der Waals surface area contributed by atoms with E-state index >= 15 is 0 Å². The van der Waals surface area contributed by atoms with Crippen molar-refractivity contribution in [3.05, 3.63) is 53.8 Å². The molecule has 9 nitrogen and oxygen atoms in total. The van der Waals surface area contributed by atoms with Gasteiger partial charge in [0.2, 0.25) is 21.7 Å². The van der Waals surface area contributed by atoms with Crippen LogP contribution in [-0.4, -0.2) is 45.8 Å². The summed E-state index contributed by atoms with van der Waals surface area (Å²) in [7, 11) is -2.77. The van der Waals surface area contributed by atoms with Gasteiger partial charge in [0.15, 0.2) is 6.61 Å². The summed E-state index contributed by atoms with van der Waals surface area (Å²) >= 11 is 0. The zero-order valence-electron chi connectivity index (χ0n) is 17.0. The van der Waals surface area contributed by atoms with E-state index in [9.17, 15) is 27.2 Å². The van der Waals surface area contributed by atoms with Crippen molar-refractivity contribution in [3.63, 3.8) is 0 Å². The van der Waals surface area contributed by atoms with Crippen molar-refractivity contribution in [3.8, 4) is 5.75 Å². The molecule has 0 aliphatic rings. The molecule has 2 aromatic carbocycles. The molecule has 0 spiro atoms. The lowest BCUT2D eigenvalue weighted by Gasteiger charge is -2.14. The third-order valence-electron chi connectivity index (χ3n) is 3.98. The summed E-state index contributed by atoms with van der Waals surface area (Å²) < 4.78 is 50.2. The van der Waals surface area contributed by atoms with Crippen LogP contribution in [0.15, 0.2) is 47.4 Å². The summed E-state index contributed by atoms with van der Waals surface area (Å²) in [4.78, 5) is 35.2. The maximum Gasteiger partial charge on any atom is 0.324 e. The number of anilines is 1. The first-order valence-corrected chi connectivity index (χ1v) is 10.4. The van der Waals surface area contributed by atoms with Gasteiger partial charge in [-0.1, -0.05) is 0 Å². The van der Waals surface area contributed by atoms with E-state index in [1.54, 1.807) is 0 Å². The number of halogens is 1. The SMILES string of the molecule is COc1ccc(F)cc1C(=O)COC(=O)[C@H](C)NS(=O)(=O)c1ccc(NC(C)=O)cc1. The average molecular weight is 452 g/mol. The zero-order chi connectivity index (χ0) is 23.2. The van der Waals surface area contributed by atoms with Gasteiger partial charge in [-0.05, 0) is 49.4 Å².